The van der Waals surface area contributed by atoms with Crippen molar-refractivity contribution in [1.82, 2.24) is 4.98 Å². The molecule has 0 fully saturated rings. The molecule has 0 N–H and O–H groups in total. The number of rotatable bonds is 8. The lowest BCUT2D eigenvalue weighted by Gasteiger charge is -2.08. The van der Waals surface area contributed by atoms with Crippen molar-refractivity contribution in [3.05, 3.63) is 48.2 Å². The Bertz CT molecular complexity index is 608. The maximum atomic E-state index is 11.4. The molecule has 0 unspecified atom stereocenters. The predicted molar refractivity (Wildman–Crippen MR) is 93.6 cm³/mol. The summed E-state index contributed by atoms with van der Waals surface area (Å²) in [5.74, 6) is 1.41. The van der Waals surface area contributed by atoms with E-state index in [1.807, 2.05) is 26.0 Å². The minimum atomic E-state index is -0.359. The lowest BCUT2D eigenvalue weighted by molar-refractivity contribution is -0.146. The van der Waals surface area contributed by atoms with E-state index in [0.29, 0.717) is 24.0 Å². The van der Waals surface area contributed by atoms with Gasteiger partial charge in [-0.25, -0.2) is 9.78 Å². The molecule has 0 aliphatic rings. The lowest BCUT2D eigenvalue weighted by atomic mass is 10.3. The van der Waals surface area contributed by atoms with Crippen LogP contribution in [0.2, 0.25) is 0 Å². The van der Waals surface area contributed by atoms with Crippen molar-refractivity contribution in [2.45, 2.75) is 34.1 Å². The third-order valence-electron chi connectivity index (χ3n) is 3.05. The highest BCUT2D eigenvalue weighted by Gasteiger charge is 2.04. The third kappa shape index (κ3) is 6.69. The van der Waals surface area contributed by atoms with Crippen molar-refractivity contribution < 1.29 is 19.0 Å². The molecule has 2 aromatic rings. The van der Waals surface area contributed by atoms with E-state index in [4.69, 9.17) is 14.2 Å². The van der Waals surface area contributed by atoms with Crippen molar-refractivity contribution in [2.24, 2.45) is 0 Å². The number of hydrogen-bond acceptors (Lipinski definition) is 5. The third-order valence-corrected chi connectivity index (χ3v) is 3.05. The fraction of sp³-hybridized carbons (Fsp3) is 0.368. The minimum absolute atomic E-state index is 0. The number of carbonyl (C=O) groups excluding carboxylic acids is 1. The van der Waals surface area contributed by atoms with Gasteiger partial charge in [0.15, 0.2) is 6.61 Å². The number of ether oxygens (including phenoxy) is 3. The Kier molecular flexibility index (Phi) is 8.33. The van der Waals surface area contributed by atoms with Gasteiger partial charge in [-0.05, 0) is 43.2 Å². The second kappa shape index (κ2) is 10.3. The van der Waals surface area contributed by atoms with Gasteiger partial charge in [-0.15, -0.1) is 0 Å². The van der Waals surface area contributed by atoms with Gasteiger partial charge in [-0.3, -0.25) is 0 Å². The number of nitrogens with zero attached hydrogens (tertiary/aromatic N) is 1. The molecule has 1 heterocycles. The first-order valence-electron chi connectivity index (χ1n) is 7.66. The maximum Gasteiger partial charge on any atom is 0.344 e. The first-order chi connectivity index (χ1) is 11.2. The summed E-state index contributed by atoms with van der Waals surface area (Å²) in [6, 6.07) is 10.8. The Morgan fingerprint density at radius 1 is 1.08 bits per heavy atom. The first kappa shape index (κ1) is 19.5. The van der Waals surface area contributed by atoms with Crippen molar-refractivity contribution in [2.75, 3.05) is 13.2 Å². The Labute approximate surface area is 143 Å². The van der Waals surface area contributed by atoms with Crippen LogP contribution in [-0.4, -0.2) is 24.2 Å². The van der Waals surface area contributed by atoms with Crippen LogP contribution in [0.25, 0.3) is 0 Å². The molecule has 1 aromatic carbocycles. The van der Waals surface area contributed by atoms with Crippen molar-refractivity contribution in [1.29, 1.82) is 0 Å². The SMILES string of the molecule is C.CCCCOC(=O)COc1ccc(Oc2ccc(C)cn2)cc1. The average molecular weight is 331 g/mol. The van der Waals surface area contributed by atoms with Crippen molar-refractivity contribution in [3.63, 3.8) is 0 Å². The van der Waals surface area contributed by atoms with Crippen molar-refractivity contribution >= 4 is 5.97 Å². The molecule has 0 bridgehead atoms. The second-order valence-electron chi connectivity index (χ2n) is 5.11. The van der Waals surface area contributed by atoms with E-state index in [1.165, 1.54) is 0 Å². The van der Waals surface area contributed by atoms with Gasteiger partial charge < -0.3 is 14.2 Å². The fourth-order valence-electron chi connectivity index (χ4n) is 1.75. The molecular weight excluding hydrogens is 306 g/mol. The molecule has 1 aromatic heterocycles. The largest absolute Gasteiger partial charge is 0.482 e. The van der Waals surface area contributed by atoms with Crippen LogP contribution in [0.4, 0.5) is 0 Å². The quantitative estimate of drug-likeness (QED) is 0.525. The molecule has 0 amide bonds. The lowest BCUT2D eigenvalue weighted by Crippen LogP contribution is -2.15. The maximum absolute atomic E-state index is 11.4. The molecule has 0 aliphatic carbocycles. The molecule has 2 rings (SSSR count). The molecule has 5 nitrogen and oxygen atoms in total. The molecular formula is C19H25NO4. The van der Waals surface area contributed by atoms with Crippen molar-refractivity contribution in [3.8, 4) is 17.4 Å². The molecule has 0 atom stereocenters. The van der Waals surface area contributed by atoms with Crippen LogP contribution in [0.1, 0.15) is 32.8 Å². The van der Waals surface area contributed by atoms with Gasteiger partial charge in [0, 0.05) is 12.3 Å². The number of aryl methyl sites for hydroxylation is 1. The second-order valence-corrected chi connectivity index (χ2v) is 5.11. The predicted octanol–water partition coefficient (Wildman–Crippen LogP) is 4.54. The summed E-state index contributed by atoms with van der Waals surface area (Å²) in [7, 11) is 0. The number of carbonyl (C=O) groups is 1. The monoisotopic (exact) mass is 331 g/mol. The van der Waals surface area contributed by atoms with Gasteiger partial charge in [0.25, 0.3) is 0 Å². The van der Waals surface area contributed by atoms with E-state index in [0.717, 1.165) is 18.4 Å². The smallest absolute Gasteiger partial charge is 0.344 e. The van der Waals surface area contributed by atoms with Crippen LogP contribution in [0.3, 0.4) is 0 Å². The molecule has 24 heavy (non-hydrogen) atoms. The van der Waals surface area contributed by atoms with Gasteiger partial charge in [-0.2, -0.15) is 0 Å². The zero-order valence-corrected chi connectivity index (χ0v) is 13.5. The summed E-state index contributed by atoms with van der Waals surface area (Å²) in [6.07, 6.45) is 3.60. The summed E-state index contributed by atoms with van der Waals surface area (Å²) in [5, 5.41) is 0. The minimum Gasteiger partial charge on any atom is -0.482 e. The first-order valence-corrected chi connectivity index (χ1v) is 7.66. The van der Waals surface area contributed by atoms with Gasteiger partial charge >= 0.3 is 5.97 Å². The molecule has 0 saturated heterocycles. The normalized spacial score (nSPS) is 9.75. The summed E-state index contributed by atoms with van der Waals surface area (Å²) >= 11 is 0. The average Bonchev–Trinajstić information content (AvgIpc) is 2.57. The van der Waals surface area contributed by atoms with E-state index in [2.05, 4.69) is 4.98 Å². The Morgan fingerprint density at radius 2 is 1.79 bits per heavy atom. The van der Waals surface area contributed by atoms with E-state index >= 15 is 0 Å². The van der Waals surface area contributed by atoms with E-state index in [9.17, 15) is 4.79 Å². The van der Waals surface area contributed by atoms with Gasteiger partial charge in [0.2, 0.25) is 5.88 Å². The van der Waals surface area contributed by atoms with E-state index in [1.54, 1.807) is 30.5 Å². The number of unbranched alkanes of at least 4 members (excludes halogenated alkanes) is 1. The number of pyridine rings is 1. The highest BCUT2D eigenvalue weighted by atomic mass is 16.6. The fourth-order valence-corrected chi connectivity index (χ4v) is 1.75. The summed E-state index contributed by atoms with van der Waals surface area (Å²) in [6.45, 7) is 4.36. The summed E-state index contributed by atoms with van der Waals surface area (Å²) in [5.41, 5.74) is 1.08. The molecule has 0 radical (unpaired) electrons. The molecule has 5 heteroatoms. The number of benzene rings is 1. The zero-order chi connectivity index (χ0) is 16.5. The van der Waals surface area contributed by atoms with Gasteiger partial charge in [0.1, 0.15) is 11.5 Å². The van der Waals surface area contributed by atoms with Crippen LogP contribution in [-0.2, 0) is 9.53 Å². The van der Waals surface area contributed by atoms with Crippen LogP contribution < -0.4 is 9.47 Å². The van der Waals surface area contributed by atoms with E-state index in [-0.39, 0.29) is 20.0 Å². The van der Waals surface area contributed by atoms with E-state index < -0.39 is 0 Å². The van der Waals surface area contributed by atoms with Crippen LogP contribution in [0, 0.1) is 6.92 Å². The zero-order valence-electron chi connectivity index (χ0n) is 13.5. The Morgan fingerprint density at radius 3 is 2.42 bits per heavy atom. The molecule has 0 aliphatic heterocycles. The molecule has 0 saturated carbocycles. The van der Waals surface area contributed by atoms with Gasteiger partial charge in [-0.1, -0.05) is 26.8 Å². The summed E-state index contributed by atoms with van der Waals surface area (Å²) < 4.78 is 16.0. The topological polar surface area (TPSA) is 57.7 Å². The highest BCUT2D eigenvalue weighted by molar-refractivity contribution is 5.71. The Balaban J connectivity index is 0.00000288. The molecule has 130 valence electrons. The molecule has 0 spiro atoms. The van der Waals surface area contributed by atoms with Crippen LogP contribution in [0.15, 0.2) is 42.6 Å². The summed E-state index contributed by atoms with van der Waals surface area (Å²) in [4.78, 5) is 15.6. The van der Waals surface area contributed by atoms with Crippen LogP contribution >= 0.6 is 0 Å². The number of esters is 1. The Hall–Kier alpha value is -2.56. The highest BCUT2D eigenvalue weighted by Crippen LogP contribution is 2.22. The van der Waals surface area contributed by atoms with Crippen LogP contribution in [0.5, 0.6) is 17.4 Å². The van der Waals surface area contributed by atoms with Gasteiger partial charge in [0.05, 0.1) is 6.61 Å². The number of hydrogen-bond donors (Lipinski definition) is 0. The standard InChI is InChI=1S/C18H21NO4.CH4/c1-3-4-11-21-18(20)13-22-15-6-8-16(9-7-15)23-17-10-5-14(2)12-19-17;/h5-10,12H,3-4,11,13H2,1-2H3;1H4. The number of aromatic nitrogens is 1.